The standard InChI is InChI=1S/C13H20N2O2S/c1-6(16)14-9(5-18)13(17)15-12-10-7-2-3-8(4-7)11(10)12/h7-12,18H,2-5H2,1H3,(H,14,16)(H,15,17). The van der Waals surface area contributed by atoms with Gasteiger partial charge in [0.2, 0.25) is 11.8 Å². The van der Waals surface area contributed by atoms with Gasteiger partial charge in [0.15, 0.2) is 0 Å². The second-order valence-corrected chi connectivity index (χ2v) is 6.32. The zero-order valence-electron chi connectivity index (χ0n) is 10.6. The van der Waals surface area contributed by atoms with Gasteiger partial charge in [0.1, 0.15) is 6.04 Å². The lowest BCUT2D eigenvalue weighted by Crippen LogP contribution is -2.48. The molecule has 5 atom stereocenters. The summed E-state index contributed by atoms with van der Waals surface area (Å²) >= 11 is 4.13. The maximum Gasteiger partial charge on any atom is 0.243 e. The number of carbonyl (C=O) groups excluding carboxylic acids is 2. The van der Waals surface area contributed by atoms with Crippen LogP contribution in [0.5, 0.6) is 0 Å². The second kappa shape index (κ2) is 4.44. The number of hydrogen-bond donors (Lipinski definition) is 3. The Morgan fingerprint density at radius 2 is 1.89 bits per heavy atom. The topological polar surface area (TPSA) is 58.2 Å². The Balaban J connectivity index is 1.55. The quantitative estimate of drug-likeness (QED) is 0.653. The molecule has 18 heavy (non-hydrogen) atoms. The van der Waals surface area contributed by atoms with Crippen LogP contribution in [0.4, 0.5) is 0 Å². The lowest BCUT2D eigenvalue weighted by Gasteiger charge is -2.17. The molecule has 3 aliphatic rings. The molecule has 3 fully saturated rings. The van der Waals surface area contributed by atoms with Gasteiger partial charge in [0.05, 0.1) is 0 Å². The number of carbonyl (C=O) groups is 2. The highest BCUT2D eigenvalue weighted by Gasteiger charge is 2.65. The largest absolute Gasteiger partial charge is 0.351 e. The summed E-state index contributed by atoms with van der Waals surface area (Å²) in [6.07, 6.45) is 4.07. The summed E-state index contributed by atoms with van der Waals surface area (Å²) in [5.41, 5.74) is 0. The number of rotatable bonds is 4. The van der Waals surface area contributed by atoms with Crippen LogP contribution in [0.1, 0.15) is 26.2 Å². The molecule has 0 aliphatic heterocycles. The van der Waals surface area contributed by atoms with Crippen LogP contribution in [0.15, 0.2) is 0 Å². The third-order valence-electron chi connectivity index (χ3n) is 4.92. The number of fused-ring (bicyclic) bond motifs is 5. The van der Waals surface area contributed by atoms with Crippen LogP contribution in [-0.2, 0) is 9.59 Å². The molecule has 0 aromatic rings. The van der Waals surface area contributed by atoms with Crippen LogP contribution in [0.2, 0.25) is 0 Å². The van der Waals surface area contributed by atoms with Crippen molar-refractivity contribution < 1.29 is 9.59 Å². The van der Waals surface area contributed by atoms with Crippen molar-refractivity contribution in [2.75, 3.05) is 5.75 Å². The molecule has 5 heteroatoms. The Hall–Kier alpha value is -0.710. The van der Waals surface area contributed by atoms with Crippen LogP contribution in [0.25, 0.3) is 0 Å². The van der Waals surface area contributed by atoms with Crippen LogP contribution in [0.3, 0.4) is 0 Å². The third-order valence-corrected chi connectivity index (χ3v) is 5.29. The Bertz CT molecular complexity index is 371. The Morgan fingerprint density at radius 1 is 1.28 bits per heavy atom. The number of nitrogens with one attached hydrogen (secondary N) is 2. The van der Waals surface area contributed by atoms with E-state index < -0.39 is 6.04 Å². The normalized spacial score (nSPS) is 41.1. The van der Waals surface area contributed by atoms with Crippen molar-refractivity contribution in [3.8, 4) is 0 Å². The van der Waals surface area contributed by atoms with E-state index in [1.54, 1.807) is 0 Å². The van der Waals surface area contributed by atoms with E-state index in [0.717, 1.165) is 23.7 Å². The Kier molecular flexibility index (Phi) is 3.04. The summed E-state index contributed by atoms with van der Waals surface area (Å²) in [4.78, 5) is 23.1. The van der Waals surface area contributed by atoms with E-state index in [9.17, 15) is 9.59 Å². The van der Waals surface area contributed by atoms with Gasteiger partial charge >= 0.3 is 0 Å². The first-order valence-electron chi connectivity index (χ1n) is 6.80. The summed E-state index contributed by atoms with van der Waals surface area (Å²) < 4.78 is 0. The highest BCUT2D eigenvalue weighted by atomic mass is 32.1. The minimum atomic E-state index is -0.496. The zero-order valence-corrected chi connectivity index (χ0v) is 11.5. The van der Waals surface area contributed by atoms with Gasteiger partial charge in [-0.25, -0.2) is 0 Å². The van der Waals surface area contributed by atoms with E-state index in [4.69, 9.17) is 0 Å². The van der Waals surface area contributed by atoms with Gasteiger partial charge < -0.3 is 10.6 Å². The average molecular weight is 268 g/mol. The van der Waals surface area contributed by atoms with E-state index >= 15 is 0 Å². The first kappa shape index (κ1) is 12.3. The fraction of sp³-hybridized carbons (Fsp3) is 0.846. The van der Waals surface area contributed by atoms with Crippen LogP contribution in [0, 0.1) is 23.7 Å². The third kappa shape index (κ3) is 1.92. The molecule has 3 saturated carbocycles. The molecular formula is C13H20N2O2S. The number of hydrogen-bond acceptors (Lipinski definition) is 3. The summed E-state index contributed by atoms with van der Waals surface area (Å²) in [6.45, 7) is 1.43. The van der Waals surface area contributed by atoms with E-state index in [1.807, 2.05) is 0 Å². The molecule has 0 aromatic carbocycles. The maximum absolute atomic E-state index is 12.1. The Morgan fingerprint density at radius 3 is 2.39 bits per heavy atom. The van der Waals surface area contributed by atoms with Crippen molar-refractivity contribution in [1.82, 2.24) is 10.6 Å². The zero-order chi connectivity index (χ0) is 12.9. The van der Waals surface area contributed by atoms with E-state index in [1.165, 1.54) is 26.2 Å². The molecule has 3 aliphatic carbocycles. The van der Waals surface area contributed by atoms with Gasteiger partial charge in [0.25, 0.3) is 0 Å². The molecule has 3 rings (SSSR count). The predicted molar refractivity (Wildman–Crippen MR) is 71.2 cm³/mol. The van der Waals surface area contributed by atoms with E-state index in [-0.39, 0.29) is 11.8 Å². The van der Waals surface area contributed by atoms with Crippen molar-refractivity contribution in [2.45, 2.75) is 38.3 Å². The molecule has 2 amide bonds. The lowest BCUT2D eigenvalue weighted by atomic mass is 10.0. The van der Waals surface area contributed by atoms with Gasteiger partial charge in [-0.2, -0.15) is 12.6 Å². The second-order valence-electron chi connectivity index (χ2n) is 5.96. The molecular weight excluding hydrogens is 248 g/mol. The van der Waals surface area contributed by atoms with Crippen molar-refractivity contribution in [3.05, 3.63) is 0 Å². The molecule has 5 unspecified atom stereocenters. The molecule has 2 N–H and O–H groups in total. The summed E-state index contributed by atoms with van der Waals surface area (Å²) in [6, 6.07) is -0.121. The fourth-order valence-electron chi connectivity index (χ4n) is 4.22. The monoisotopic (exact) mass is 268 g/mol. The molecule has 100 valence electrons. The molecule has 0 spiro atoms. The number of amides is 2. The SMILES string of the molecule is CC(=O)NC(CS)C(=O)NC1C2C3CCC(C3)C12. The molecule has 2 bridgehead atoms. The minimum Gasteiger partial charge on any atom is -0.351 e. The van der Waals surface area contributed by atoms with Gasteiger partial charge in [-0.05, 0) is 42.9 Å². The van der Waals surface area contributed by atoms with Crippen LogP contribution < -0.4 is 10.6 Å². The molecule has 0 radical (unpaired) electrons. The molecule has 0 saturated heterocycles. The fourth-order valence-corrected chi connectivity index (χ4v) is 4.48. The van der Waals surface area contributed by atoms with Gasteiger partial charge in [-0.3, -0.25) is 9.59 Å². The average Bonchev–Trinajstić information content (AvgIpc) is 2.74. The lowest BCUT2D eigenvalue weighted by molar-refractivity contribution is -0.127. The van der Waals surface area contributed by atoms with Crippen molar-refractivity contribution in [1.29, 1.82) is 0 Å². The van der Waals surface area contributed by atoms with Crippen LogP contribution >= 0.6 is 12.6 Å². The van der Waals surface area contributed by atoms with Gasteiger partial charge in [-0.1, -0.05) is 0 Å². The maximum atomic E-state index is 12.1. The van der Waals surface area contributed by atoms with Crippen LogP contribution in [-0.4, -0.2) is 29.7 Å². The molecule has 0 aromatic heterocycles. The molecule has 0 heterocycles. The van der Waals surface area contributed by atoms with E-state index in [2.05, 4.69) is 23.3 Å². The number of thiol groups is 1. The predicted octanol–water partition coefficient (Wildman–Crippen LogP) is 0.582. The summed E-state index contributed by atoms with van der Waals surface area (Å²) in [5, 5.41) is 5.75. The smallest absolute Gasteiger partial charge is 0.243 e. The van der Waals surface area contributed by atoms with Crippen molar-refractivity contribution >= 4 is 24.4 Å². The van der Waals surface area contributed by atoms with Gasteiger partial charge in [0, 0.05) is 18.7 Å². The Labute approximate surface area is 113 Å². The van der Waals surface area contributed by atoms with Gasteiger partial charge in [-0.15, -0.1) is 0 Å². The van der Waals surface area contributed by atoms with Crippen molar-refractivity contribution in [2.24, 2.45) is 23.7 Å². The summed E-state index contributed by atoms with van der Waals surface area (Å²) in [5.74, 6) is 3.25. The minimum absolute atomic E-state index is 0.0704. The first-order chi connectivity index (χ1) is 8.61. The highest BCUT2D eigenvalue weighted by molar-refractivity contribution is 7.80. The highest BCUT2D eigenvalue weighted by Crippen LogP contribution is 2.65. The summed E-state index contributed by atoms with van der Waals surface area (Å²) in [7, 11) is 0. The first-order valence-corrected chi connectivity index (χ1v) is 7.43. The van der Waals surface area contributed by atoms with E-state index in [0.29, 0.717) is 11.8 Å². The van der Waals surface area contributed by atoms with Crippen molar-refractivity contribution in [3.63, 3.8) is 0 Å². The molecule has 4 nitrogen and oxygen atoms in total.